The molecule has 3 aliphatic rings. The minimum atomic E-state index is -0.618. The van der Waals surface area contributed by atoms with Crippen LogP contribution in [0.3, 0.4) is 0 Å². The molecule has 0 radical (unpaired) electrons. The van der Waals surface area contributed by atoms with Gasteiger partial charge in [-0.3, -0.25) is 0 Å². The van der Waals surface area contributed by atoms with Gasteiger partial charge in [-0.1, -0.05) is 16.8 Å². The minimum absolute atomic E-state index is 0.167. The van der Waals surface area contributed by atoms with Crippen molar-refractivity contribution in [1.29, 1.82) is 0 Å². The number of aryl methyl sites for hydroxylation is 2. The average molecular weight is 567 g/mol. The molecule has 1 saturated carbocycles. The number of aromatic nitrogens is 3. The van der Waals surface area contributed by atoms with Crippen molar-refractivity contribution < 1.29 is 14.4 Å². The van der Waals surface area contributed by atoms with Crippen molar-refractivity contribution in [2.45, 2.75) is 58.6 Å². The molecule has 1 aliphatic carbocycles. The third-order valence-corrected chi connectivity index (χ3v) is 9.05. The lowest BCUT2D eigenvalue weighted by molar-refractivity contribution is 0.0716. The molecule has 0 bridgehead atoms. The van der Waals surface area contributed by atoms with Gasteiger partial charge in [-0.2, -0.15) is 0 Å². The number of likely N-dealkylation sites (tertiary alicyclic amines) is 1. The van der Waals surface area contributed by atoms with Crippen LogP contribution in [-0.4, -0.2) is 83.7 Å². The van der Waals surface area contributed by atoms with E-state index in [2.05, 4.69) is 27.2 Å². The van der Waals surface area contributed by atoms with Crippen LogP contribution in [-0.2, 0) is 0 Å². The van der Waals surface area contributed by atoms with Crippen molar-refractivity contribution in [3.63, 3.8) is 0 Å². The van der Waals surface area contributed by atoms with Crippen LogP contribution in [0.4, 0.5) is 5.82 Å². The fourth-order valence-corrected chi connectivity index (χ4v) is 6.48. The number of rotatable bonds is 9. The Morgan fingerprint density at radius 2 is 1.93 bits per heavy atom. The highest BCUT2D eigenvalue weighted by Gasteiger charge is 2.47. The number of ether oxygens (including phenoxy) is 1. The van der Waals surface area contributed by atoms with Gasteiger partial charge in [0.15, 0.2) is 5.82 Å². The Morgan fingerprint density at radius 3 is 2.58 bits per heavy atom. The molecule has 2 N–H and O–H groups in total. The molecule has 3 fully saturated rings. The molecule has 9 nitrogen and oxygen atoms in total. The Bertz CT molecular complexity index is 1350. The number of hydrogen-bond acceptors (Lipinski definition) is 9. The summed E-state index contributed by atoms with van der Waals surface area (Å²) >= 11 is 6.72. The molecule has 10 heteroatoms. The molecule has 2 saturated heterocycles. The number of piperidine rings is 1. The topological polar surface area (TPSA) is 99.8 Å². The van der Waals surface area contributed by atoms with Gasteiger partial charge in [0.25, 0.3) is 0 Å². The second-order valence-electron chi connectivity index (χ2n) is 11.8. The summed E-state index contributed by atoms with van der Waals surface area (Å²) in [6.45, 7) is 11.0. The summed E-state index contributed by atoms with van der Waals surface area (Å²) in [4.78, 5) is 15.2. The standard InChI is InChI=1S/C30H39ClN6O3/c1-18-27(26-19(2)35-40-20(26)3)33-28(24-13-23(7-8-25(24)31)39-15-22(38)14-32-4)34-29(18)37-16-30(17-37)9-11-36(12-10-30)21-5-6-21/h7-8,13,21-22,32,38H,5-6,9-12,14-17H2,1-4H3/t22-/m0/s1. The molecule has 214 valence electrons. The number of anilines is 1. The quantitative estimate of drug-likeness (QED) is 0.390. The predicted molar refractivity (Wildman–Crippen MR) is 156 cm³/mol. The first-order valence-corrected chi connectivity index (χ1v) is 14.7. The number of aliphatic hydroxyl groups excluding tert-OH is 1. The van der Waals surface area contributed by atoms with Crippen molar-refractivity contribution in [2.24, 2.45) is 5.41 Å². The molecule has 1 atom stereocenters. The maximum absolute atomic E-state index is 10.1. The highest BCUT2D eigenvalue weighted by Crippen LogP contribution is 2.46. The number of benzene rings is 1. The number of nitrogens with one attached hydrogen (secondary N) is 1. The summed E-state index contributed by atoms with van der Waals surface area (Å²) in [7, 11) is 1.80. The Kier molecular flexibility index (Phi) is 7.50. The van der Waals surface area contributed by atoms with E-state index in [0.29, 0.717) is 34.1 Å². The van der Waals surface area contributed by atoms with E-state index < -0.39 is 6.10 Å². The first-order chi connectivity index (χ1) is 19.3. The molecule has 2 aromatic heterocycles. The van der Waals surface area contributed by atoms with E-state index in [4.69, 9.17) is 30.8 Å². The second-order valence-corrected chi connectivity index (χ2v) is 12.2. The zero-order valence-corrected chi connectivity index (χ0v) is 24.6. The number of likely N-dealkylation sites (N-methyl/N-ethyl adjacent to an activating group) is 1. The zero-order valence-electron chi connectivity index (χ0n) is 23.8. The second kappa shape index (κ2) is 10.9. The van der Waals surface area contributed by atoms with Crippen LogP contribution in [0.1, 0.15) is 42.7 Å². The number of nitrogens with zero attached hydrogens (tertiary/aromatic N) is 5. The van der Waals surface area contributed by atoms with Crippen LogP contribution in [0.5, 0.6) is 5.75 Å². The van der Waals surface area contributed by atoms with Crippen molar-refractivity contribution >= 4 is 17.4 Å². The van der Waals surface area contributed by atoms with Crippen LogP contribution < -0.4 is 15.0 Å². The lowest BCUT2D eigenvalue weighted by Crippen LogP contribution is -2.61. The highest BCUT2D eigenvalue weighted by molar-refractivity contribution is 6.33. The van der Waals surface area contributed by atoms with E-state index in [-0.39, 0.29) is 6.61 Å². The van der Waals surface area contributed by atoms with Crippen molar-refractivity contribution in [3.05, 3.63) is 40.2 Å². The van der Waals surface area contributed by atoms with Crippen molar-refractivity contribution in [1.82, 2.24) is 25.3 Å². The SMILES string of the molecule is CNC[C@H](O)COc1ccc(Cl)c(-c2nc(-c3c(C)noc3C)c(C)c(N3CC4(CCN(C5CC5)CC4)C3)n2)c1. The monoisotopic (exact) mass is 566 g/mol. The summed E-state index contributed by atoms with van der Waals surface area (Å²) in [5, 5.41) is 17.8. The maximum Gasteiger partial charge on any atom is 0.163 e. The molecular weight excluding hydrogens is 528 g/mol. The third kappa shape index (κ3) is 5.32. The predicted octanol–water partition coefficient (Wildman–Crippen LogP) is 4.40. The fraction of sp³-hybridized carbons (Fsp3) is 0.567. The lowest BCUT2D eigenvalue weighted by Gasteiger charge is -2.55. The normalized spacial score (nSPS) is 19.6. The average Bonchev–Trinajstić information content (AvgIpc) is 3.72. The molecule has 1 spiro atoms. The Hall–Kier alpha value is -2.72. The molecule has 3 aromatic rings. The molecule has 4 heterocycles. The van der Waals surface area contributed by atoms with Crippen LogP contribution in [0.15, 0.2) is 22.7 Å². The number of aliphatic hydroxyl groups is 1. The van der Waals surface area contributed by atoms with Crippen molar-refractivity contribution in [2.75, 3.05) is 51.3 Å². The summed E-state index contributed by atoms with van der Waals surface area (Å²) in [5.74, 6) is 2.79. The van der Waals surface area contributed by atoms with Crippen molar-refractivity contribution in [3.8, 4) is 28.4 Å². The van der Waals surface area contributed by atoms with Gasteiger partial charge in [-0.05, 0) is 84.8 Å². The Labute approximate surface area is 240 Å². The Morgan fingerprint density at radius 1 is 1.18 bits per heavy atom. The van der Waals surface area contributed by atoms with E-state index in [1.807, 2.05) is 19.9 Å². The van der Waals surface area contributed by atoms with Gasteiger partial charge in [0.05, 0.1) is 22.0 Å². The fourth-order valence-electron chi connectivity index (χ4n) is 6.28. The van der Waals surface area contributed by atoms with Crippen LogP contribution in [0.2, 0.25) is 5.02 Å². The van der Waals surface area contributed by atoms with Gasteiger partial charge < -0.3 is 29.5 Å². The summed E-state index contributed by atoms with van der Waals surface area (Å²) in [6, 6.07) is 6.29. The molecule has 1 aromatic carbocycles. The summed E-state index contributed by atoms with van der Waals surface area (Å²) in [5.41, 5.74) is 4.57. The van der Waals surface area contributed by atoms with Gasteiger partial charge >= 0.3 is 0 Å². The molecular formula is C30H39ClN6O3. The van der Waals surface area contributed by atoms with Gasteiger partial charge in [0, 0.05) is 42.2 Å². The van der Waals surface area contributed by atoms with Gasteiger partial charge in [0.1, 0.15) is 30.0 Å². The van der Waals surface area contributed by atoms with Crippen LogP contribution in [0.25, 0.3) is 22.6 Å². The highest BCUT2D eigenvalue weighted by atomic mass is 35.5. The molecule has 6 rings (SSSR count). The van der Waals surface area contributed by atoms with E-state index in [9.17, 15) is 5.11 Å². The molecule has 2 aliphatic heterocycles. The third-order valence-electron chi connectivity index (χ3n) is 8.73. The van der Waals surface area contributed by atoms with Crippen LogP contribution >= 0.6 is 11.6 Å². The van der Waals surface area contributed by atoms with Crippen LogP contribution in [0, 0.1) is 26.2 Å². The molecule has 40 heavy (non-hydrogen) atoms. The van der Waals surface area contributed by atoms with Gasteiger partial charge in [-0.15, -0.1) is 0 Å². The summed E-state index contributed by atoms with van der Waals surface area (Å²) < 4.78 is 11.4. The molecule has 0 unspecified atom stereocenters. The minimum Gasteiger partial charge on any atom is -0.491 e. The van der Waals surface area contributed by atoms with E-state index >= 15 is 0 Å². The maximum atomic E-state index is 10.1. The Balaban J connectivity index is 1.32. The van der Waals surface area contributed by atoms with E-state index in [1.54, 1.807) is 19.2 Å². The van der Waals surface area contributed by atoms with E-state index in [0.717, 1.165) is 53.2 Å². The van der Waals surface area contributed by atoms with E-state index in [1.165, 1.54) is 38.8 Å². The van der Waals surface area contributed by atoms with Gasteiger partial charge in [0.2, 0.25) is 0 Å². The first-order valence-electron chi connectivity index (χ1n) is 14.3. The number of halogens is 1. The lowest BCUT2D eigenvalue weighted by atomic mass is 9.72. The number of hydrogen-bond donors (Lipinski definition) is 2. The molecule has 0 amide bonds. The van der Waals surface area contributed by atoms with Gasteiger partial charge in [-0.25, -0.2) is 9.97 Å². The largest absolute Gasteiger partial charge is 0.491 e. The first kappa shape index (κ1) is 27.4. The smallest absolute Gasteiger partial charge is 0.163 e. The zero-order chi connectivity index (χ0) is 28.0. The summed E-state index contributed by atoms with van der Waals surface area (Å²) in [6.07, 6.45) is 4.62.